The van der Waals surface area contributed by atoms with Crippen LogP contribution in [0.3, 0.4) is 0 Å². The molecule has 2 aromatic carbocycles. The summed E-state index contributed by atoms with van der Waals surface area (Å²) in [5.74, 6) is 1.20. The third-order valence-corrected chi connectivity index (χ3v) is 3.75. The maximum Gasteiger partial charge on any atom is 0.151 e. The fraction of sp³-hybridized carbons (Fsp3) is 0.250. The van der Waals surface area contributed by atoms with Gasteiger partial charge in [0.15, 0.2) is 5.75 Å². The molecule has 0 aliphatic heterocycles. The lowest BCUT2D eigenvalue weighted by Gasteiger charge is -2.13. The van der Waals surface area contributed by atoms with Crippen molar-refractivity contribution < 1.29 is 9.13 Å². The quantitative estimate of drug-likeness (QED) is 0.761. The standard InChI is InChI=1S/C16H17BrFNO/c1-9(2)12-5-4-11(6-10(12)3)20-16-7-13(17)14(18)8-15(16)19/h4-9H,19H2,1-3H3. The number of ether oxygens (including phenoxy) is 1. The van der Waals surface area contributed by atoms with Gasteiger partial charge in [-0.2, -0.15) is 0 Å². The molecule has 2 aromatic rings. The minimum atomic E-state index is -0.402. The van der Waals surface area contributed by atoms with Gasteiger partial charge in [0.25, 0.3) is 0 Å². The monoisotopic (exact) mass is 337 g/mol. The highest BCUT2D eigenvalue weighted by Gasteiger charge is 2.10. The van der Waals surface area contributed by atoms with Crippen molar-refractivity contribution in [2.24, 2.45) is 0 Å². The third-order valence-electron chi connectivity index (χ3n) is 3.14. The molecule has 2 N–H and O–H groups in total. The number of benzene rings is 2. The van der Waals surface area contributed by atoms with E-state index in [0.29, 0.717) is 21.9 Å². The lowest BCUT2D eigenvalue weighted by Crippen LogP contribution is -1.96. The molecule has 0 saturated heterocycles. The molecular weight excluding hydrogens is 321 g/mol. The number of nitrogens with two attached hydrogens (primary N) is 1. The normalized spacial score (nSPS) is 10.9. The Labute approximate surface area is 126 Å². The van der Waals surface area contributed by atoms with Gasteiger partial charge in [-0.1, -0.05) is 19.9 Å². The van der Waals surface area contributed by atoms with Crippen molar-refractivity contribution in [2.75, 3.05) is 5.73 Å². The molecule has 106 valence electrons. The van der Waals surface area contributed by atoms with Gasteiger partial charge in [-0.15, -0.1) is 0 Å². The summed E-state index contributed by atoms with van der Waals surface area (Å²) >= 11 is 3.13. The van der Waals surface area contributed by atoms with Crippen LogP contribution in [0.15, 0.2) is 34.8 Å². The second kappa shape index (κ2) is 5.83. The average Bonchev–Trinajstić information content (AvgIpc) is 2.35. The van der Waals surface area contributed by atoms with Gasteiger partial charge in [-0.25, -0.2) is 4.39 Å². The van der Waals surface area contributed by atoms with Crippen molar-refractivity contribution in [3.63, 3.8) is 0 Å². The van der Waals surface area contributed by atoms with Crippen LogP contribution in [-0.2, 0) is 0 Å². The summed E-state index contributed by atoms with van der Waals surface area (Å²) in [5, 5.41) is 0. The summed E-state index contributed by atoms with van der Waals surface area (Å²) in [6.07, 6.45) is 0. The zero-order valence-corrected chi connectivity index (χ0v) is 13.3. The first-order valence-electron chi connectivity index (χ1n) is 6.41. The number of hydrogen-bond donors (Lipinski definition) is 1. The van der Waals surface area contributed by atoms with Gasteiger partial charge in [0.2, 0.25) is 0 Å². The van der Waals surface area contributed by atoms with Crippen LogP contribution in [0.25, 0.3) is 0 Å². The van der Waals surface area contributed by atoms with E-state index >= 15 is 0 Å². The van der Waals surface area contributed by atoms with Gasteiger partial charge in [-0.3, -0.25) is 0 Å². The minimum Gasteiger partial charge on any atom is -0.455 e. The second-order valence-corrected chi connectivity index (χ2v) is 5.93. The smallest absolute Gasteiger partial charge is 0.151 e. The van der Waals surface area contributed by atoms with Crippen LogP contribution < -0.4 is 10.5 Å². The van der Waals surface area contributed by atoms with E-state index in [2.05, 4.69) is 29.8 Å². The number of hydrogen-bond acceptors (Lipinski definition) is 2. The van der Waals surface area contributed by atoms with Crippen molar-refractivity contribution in [2.45, 2.75) is 26.7 Å². The highest BCUT2D eigenvalue weighted by atomic mass is 79.9. The summed E-state index contributed by atoms with van der Waals surface area (Å²) in [6.45, 7) is 6.35. The van der Waals surface area contributed by atoms with E-state index in [0.717, 1.165) is 5.56 Å². The van der Waals surface area contributed by atoms with E-state index in [9.17, 15) is 4.39 Å². The van der Waals surface area contributed by atoms with Gasteiger partial charge in [0, 0.05) is 12.1 Å². The molecule has 0 aromatic heterocycles. The van der Waals surface area contributed by atoms with Crippen LogP contribution in [0.1, 0.15) is 30.9 Å². The van der Waals surface area contributed by atoms with Crippen LogP contribution in [-0.4, -0.2) is 0 Å². The zero-order valence-electron chi connectivity index (χ0n) is 11.7. The number of nitrogen functional groups attached to an aromatic ring is 1. The molecule has 0 fully saturated rings. The van der Waals surface area contributed by atoms with Crippen LogP contribution >= 0.6 is 15.9 Å². The van der Waals surface area contributed by atoms with Crippen molar-refractivity contribution in [3.05, 3.63) is 51.7 Å². The molecule has 0 aliphatic carbocycles. The fourth-order valence-electron chi connectivity index (χ4n) is 2.12. The topological polar surface area (TPSA) is 35.2 Å². The molecule has 2 rings (SSSR count). The molecule has 0 spiro atoms. The van der Waals surface area contributed by atoms with Crippen molar-refractivity contribution in [1.82, 2.24) is 0 Å². The molecule has 0 bridgehead atoms. The van der Waals surface area contributed by atoms with E-state index in [-0.39, 0.29) is 5.69 Å². The predicted octanol–water partition coefficient (Wildman–Crippen LogP) is 5.39. The Kier molecular flexibility index (Phi) is 4.33. The lowest BCUT2D eigenvalue weighted by molar-refractivity contribution is 0.481. The Balaban J connectivity index is 2.31. The molecule has 4 heteroatoms. The first kappa shape index (κ1) is 14.9. The number of aryl methyl sites for hydroxylation is 1. The highest BCUT2D eigenvalue weighted by Crippen LogP contribution is 2.33. The van der Waals surface area contributed by atoms with E-state index < -0.39 is 5.82 Å². The van der Waals surface area contributed by atoms with E-state index in [1.165, 1.54) is 17.7 Å². The van der Waals surface area contributed by atoms with E-state index in [1.807, 2.05) is 25.1 Å². The number of anilines is 1. The molecule has 20 heavy (non-hydrogen) atoms. The predicted molar refractivity (Wildman–Crippen MR) is 83.9 cm³/mol. The van der Waals surface area contributed by atoms with Crippen molar-refractivity contribution >= 4 is 21.6 Å². The van der Waals surface area contributed by atoms with Gasteiger partial charge >= 0.3 is 0 Å². The zero-order chi connectivity index (χ0) is 14.9. The maximum atomic E-state index is 13.3. The van der Waals surface area contributed by atoms with E-state index in [4.69, 9.17) is 10.5 Å². The van der Waals surface area contributed by atoms with Gasteiger partial charge < -0.3 is 10.5 Å². The Bertz CT molecular complexity index is 641. The second-order valence-electron chi connectivity index (χ2n) is 5.08. The van der Waals surface area contributed by atoms with Crippen LogP contribution in [0, 0.1) is 12.7 Å². The SMILES string of the molecule is Cc1cc(Oc2cc(Br)c(F)cc2N)ccc1C(C)C. The Morgan fingerprint density at radius 2 is 1.90 bits per heavy atom. The minimum absolute atomic E-state index is 0.274. The van der Waals surface area contributed by atoms with Gasteiger partial charge in [0.1, 0.15) is 11.6 Å². The van der Waals surface area contributed by atoms with Crippen molar-refractivity contribution in [1.29, 1.82) is 0 Å². The summed E-state index contributed by atoms with van der Waals surface area (Å²) in [6, 6.07) is 8.69. The van der Waals surface area contributed by atoms with Crippen LogP contribution in [0.2, 0.25) is 0 Å². The maximum absolute atomic E-state index is 13.3. The molecule has 0 amide bonds. The molecular formula is C16H17BrFNO. The Morgan fingerprint density at radius 3 is 2.50 bits per heavy atom. The first-order valence-corrected chi connectivity index (χ1v) is 7.20. The third kappa shape index (κ3) is 3.12. The molecule has 0 radical (unpaired) electrons. The van der Waals surface area contributed by atoms with Gasteiger partial charge in [-0.05, 0) is 52.0 Å². The summed E-state index contributed by atoms with van der Waals surface area (Å²) in [5.41, 5.74) is 8.49. The molecule has 0 aliphatic rings. The average molecular weight is 338 g/mol. The lowest BCUT2D eigenvalue weighted by atomic mass is 9.98. The van der Waals surface area contributed by atoms with Crippen LogP contribution in [0.5, 0.6) is 11.5 Å². The summed E-state index contributed by atoms with van der Waals surface area (Å²) in [7, 11) is 0. The molecule has 0 heterocycles. The van der Waals surface area contributed by atoms with Crippen molar-refractivity contribution in [3.8, 4) is 11.5 Å². The molecule has 0 atom stereocenters. The van der Waals surface area contributed by atoms with Gasteiger partial charge in [0.05, 0.1) is 10.2 Å². The molecule has 0 unspecified atom stereocenters. The summed E-state index contributed by atoms with van der Waals surface area (Å²) in [4.78, 5) is 0. The largest absolute Gasteiger partial charge is 0.455 e. The van der Waals surface area contributed by atoms with E-state index in [1.54, 1.807) is 0 Å². The molecule has 0 saturated carbocycles. The fourth-order valence-corrected chi connectivity index (χ4v) is 2.44. The number of rotatable bonds is 3. The van der Waals surface area contributed by atoms with Crippen LogP contribution in [0.4, 0.5) is 10.1 Å². The Morgan fingerprint density at radius 1 is 1.20 bits per heavy atom. The first-order chi connectivity index (χ1) is 9.38. The summed E-state index contributed by atoms with van der Waals surface area (Å²) < 4.78 is 19.4. The molecule has 2 nitrogen and oxygen atoms in total. The Hall–Kier alpha value is -1.55. The number of halogens is 2. The highest BCUT2D eigenvalue weighted by molar-refractivity contribution is 9.10.